The smallest absolute Gasteiger partial charge is 0.328 e. The van der Waals surface area contributed by atoms with E-state index < -0.39 is 24.6 Å². The summed E-state index contributed by atoms with van der Waals surface area (Å²) in [7, 11) is 1.54. The largest absolute Gasteiger partial charge is 0.480 e. The van der Waals surface area contributed by atoms with Gasteiger partial charge < -0.3 is 15.5 Å². The SMILES string of the molecule is Cc1cc(C)cc(N(C)C(=O)N[C@@H](CO)C(=O)O)c1. The second kappa shape index (κ2) is 6.19. The van der Waals surface area contributed by atoms with Crippen LogP contribution < -0.4 is 10.2 Å². The molecule has 0 aliphatic rings. The van der Waals surface area contributed by atoms with E-state index in [4.69, 9.17) is 10.2 Å². The maximum Gasteiger partial charge on any atom is 0.328 e. The van der Waals surface area contributed by atoms with Crippen LogP contribution in [-0.4, -0.2) is 41.9 Å². The van der Waals surface area contributed by atoms with Gasteiger partial charge in [0.1, 0.15) is 0 Å². The lowest BCUT2D eigenvalue weighted by Gasteiger charge is -2.21. The van der Waals surface area contributed by atoms with E-state index in [0.717, 1.165) is 11.1 Å². The highest BCUT2D eigenvalue weighted by Crippen LogP contribution is 2.17. The highest BCUT2D eigenvalue weighted by molar-refractivity contribution is 5.94. The molecule has 1 rings (SSSR count). The molecule has 1 atom stereocenters. The fourth-order valence-electron chi connectivity index (χ4n) is 1.69. The van der Waals surface area contributed by atoms with E-state index >= 15 is 0 Å². The predicted molar refractivity (Wildman–Crippen MR) is 71.4 cm³/mol. The molecule has 0 spiro atoms. The molecule has 3 N–H and O–H groups in total. The van der Waals surface area contributed by atoms with Gasteiger partial charge in [0.2, 0.25) is 0 Å². The summed E-state index contributed by atoms with van der Waals surface area (Å²) in [6.45, 7) is 3.17. The maximum absolute atomic E-state index is 11.9. The van der Waals surface area contributed by atoms with E-state index in [0.29, 0.717) is 5.69 Å². The molecular formula is C13H18N2O4. The van der Waals surface area contributed by atoms with Gasteiger partial charge in [0.15, 0.2) is 6.04 Å². The quantitative estimate of drug-likeness (QED) is 0.755. The van der Waals surface area contributed by atoms with E-state index in [1.54, 1.807) is 7.05 Å². The van der Waals surface area contributed by atoms with Crippen LogP contribution in [0.25, 0.3) is 0 Å². The molecule has 0 saturated heterocycles. The first-order valence-electron chi connectivity index (χ1n) is 5.81. The van der Waals surface area contributed by atoms with Gasteiger partial charge in [-0.15, -0.1) is 0 Å². The normalized spacial score (nSPS) is 11.8. The molecule has 2 amide bonds. The number of urea groups is 1. The van der Waals surface area contributed by atoms with Crippen LogP contribution in [0.5, 0.6) is 0 Å². The lowest BCUT2D eigenvalue weighted by Crippen LogP contribution is -2.48. The van der Waals surface area contributed by atoms with Gasteiger partial charge in [-0.2, -0.15) is 0 Å². The molecule has 0 saturated carbocycles. The molecule has 6 nitrogen and oxygen atoms in total. The summed E-state index contributed by atoms with van der Waals surface area (Å²) < 4.78 is 0. The lowest BCUT2D eigenvalue weighted by atomic mass is 10.1. The fourth-order valence-corrected chi connectivity index (χ4v) is 1.69. The third kappa shape index (κ3) is 3.96. The van der Waals surface area contributed by atoms with Crippen molar-refractivity contribution < 1.29 is 19.8 Å². The Kier molecular flexibility index (Phi) is 4.88. The van der Waals surface area contributed by atoms with Gasteiger partial charge >= 0.3 is 12.0 Å². The Morgan fingerprint density at radius 1 is 1.26 bits per heavy atom. The maximum atomic E-state index is 11.9. The molecule has 0 radical (unpaired) electrons. The Morgan fingerprint density at radius 2 is 1.79 bits per heavy atom. The molecule has 0 heterocycles. The molecule has 1 aromatic rings. The molecule has 19 heavy (non-hydrogen) atoms. The van der Waals surface area contributed by atoms with Crippen LogP contribution in [0.1, 0.15) is 11.1 Å². The molecule has 6 heteroatoms. The Hall–Kier alpha value is -2.08. The number of anilines is 1. The summed E-state index contributed by atoms with van der Waals surface area (Å²) in [5.41, 5.74) is 2.68. The minimum Gasteiger partial charge on any atom is -0.480 e. The number of aliphatic hydroxyl groups is 1. The van der Waals surface area contributed by atoms with Gasteiger partial charge in [-0.25, -0.2) is 9.59 Å². The summed E-state index contributed by atoms with van der Waals surface area (Å²) in [4.78, 5) is 23.9. The minimum absolute atomic E-state index is 0.577. The van der Waals surface area contributed by atoms with Crippen LogP contribution in [0, 0.1) is 13.8 Å². The summed E-state index contributed by atoms with van der Waals surface area (Å²) in [5, 5.41) is 19.9. The monoisotopic (exact) mass is 266 g/mol. The van der Waals surface area contributed by atoms with Crippen LogP contribution in [0.15, 0.2) is 18.2 Å². The van der Waals surface area contributed by atoms with Gasteiger partial charge in [-0.05, 0) is 37.1 Å². The number of benzene rings is 1. The third-order valence-electron chi connectivity index (χ3n) is 2.68. The van der Waals surface area contributed by atoms with Crippen molar-refractivity contribution in [2.75, 3.05) is 18.6 Å². The fraction of sp³-hybridized carbons (Fsp3) is 0.385. The number of aliphatic carboxylic acids is 1. The Balaban J connectivity index is 2.84. The summed E-state index contributed by atoms with van der Waals surface area (Å²) in [6, 6.07) is 3.73. The highest BCUT2D eigenvalue weighted by atomic mass is 16.4. The van der Waals surface area contributed by atoms with Crippen molar-refractivity contribution in [2.45, 2.75) is 19.9 Å². The van der Waals surface area contributed by atoms with Crippen molar-refractivity contribution in [2.24, 2.45) is 0 Å². The zero-order valence-electron chi connectivity index (χ0n) is 11.2. The topological polar surface area (TPSA) is 89.9 Å². The van der Waals surface area contributed by atoms with E-state index in [9.17, 15) is 9.59 Å². The number of amides is 2. The highest BCUT2D eigenvalue weighted by Gasteiger charge is 2.21. The summed E-state index contributed by atoms with van der Waals surface area (Å²) >= 11 is 0. The second-order valence-corrected chi connectivity index (χ2v) is 4.43. The van der Waals surface area contributed by atoms with Crippen molar-refractivity contribution in [3.05, 3.63) is 29.3 Å². The van der Waals surface area contributed by atoms with E-state index in [-0.39, 0.29) is 0 Å². The van der Waals surface area contributed by atoms with Crippen LogP contribution in [-0.2, 0) is 4.79 Å². The summed E-state index contributed by atoms with van der Waals surface area (Å²) in [6.07, 6.45) is 0. The number of hydrogen-bond acceptors (Lipinski definition) is 3. The van der Waals surface area contributed by atoms with E-state index in [1.165, 1.54) is 4.90 Å². The second-order valence-electron chi connectivity index (χ2n) is 4.43. The lowest BCUT2D eigenvalue weighted by molar-refractivity contribution is -0.140. The molecule has 0 aliphatic heterocycles. The van der Waals surface area contributed by atoms with Gasteiger partial charge in [0.05, 0.1) is 6.61 Å². The third-order valence-corrected chi connectivity index (χ3v) is 2.68. The number of carboxylic acids is 1. The molecule has 0 aliphatic carbocycles. The molecular weight excluding hydrogens is 248 g/mol. The molecule has 0 bridgehead atoms. The first-order chi connectivity index (χ1) is 8.85. The first kappa shape index (κ1) is 15.0. The van der Waals surface area contributed by atoms with Crippen LogP contribution >= 0.6 is 0 Å². The average Bonchev–Trinajstić information content (AvgIpc) is 2.33. The average molecular weight is 266 g/mol. The number of carboxylic acid groups (broad SMARTS) is 1. The zero-order valence-corrected chi connectivity index (χ0v) is 11.2. The summed E-state index contributed by atoms with van der Waals surface area (Å²) in [5.74, 6) is -1.27. The number of nitrogens with zero attached hydrogens (tertiary/aromatic N) is 1. The number of hydrogen-bond donors (Lipinski definition) is 3. The number of nitrogens with one attached hydrogen (secondary N) is 1. The molecule has 104 valence electrons. The molecule has 1 aromatic carbocycles. The van der Waals surface area contributed by atoms with Gasteiger partial charge in [0.25, 0.3) is 0 Å². The van der Waals surface area contributed by atoms with Crippen molar-refractivity contribution in [3.63, 3.8) is 0 Å². The van der Waals surface area contributed by atoms with Gasteiger partial charge in [-0.3, -0.25) is 4.90 Å². The zero-order chi connectivity index (χ0) is 14.6. The Morgan fingerprint density at radius 3 is 2.21 bits per heavy atom. The number of carbonyl (C=O) groups excluding carboxylic acids is 1. The van der Waals surface area contributed by atoms with Gasteiger partial charge in [0, 0.05) is 12.7 Å². The van der Waals surface area contributed by atoms with Crippen molar-refractivity contribution in [1.82, 2.24) is 5.32 Å². The standard InChI is InChI=1S/C13H18N2O4/c1-8-4-9(2)6-10(5-8)15(3)13(19)14-11(7-16)12(17)18/h4-6,11,16H,7H2,1-3H3,(H,14,19)(H,17,18)/t11-/m0/s1. The van der Waals surface area contributed by atoms with Gasteiger partial charge in [-0.1, -0.05) is 6.07 Å². The van der Waals surface area contributed by atoms with Crippen molar-refractivity contribution in [1.29, 1.82) is 0 Å². The number of carbonyl (C=O) groups is 2. The number of rotatable bonds is 4. The molecule has 0 unspecified atom stereocenters. The predicted octanol–water partition coefficient (Wildman–Crippen LogP) is 0.895. The molecule has 0 fully saturated rings. The number of aliphatic hydroxyl groups excluding tert-OH is 1. The minimum atomic E-state index is -1.30. The Labute approximate surface area is 111 Å². The van der Waals surface area contributed by atoms with Crippen molar-refractivity contribution >= 4 is 17.7 Å². The van der Waals surface area contributed by atoms with Crippen molar-refractivity contribution in [3.8, 4) is 0 Å². The van der Waals surface area contributed by atoms with E-state index in [1.807, 2.05) is 32.0 Å². The van der Waals surface area contributed by atoms with Crippen LogP contribution in [0.3, 0.4) is 0 Å². The first-order valence-corrected chi connectivity index (χ1v) is 5.81. The number of aryl methyl sites for hydroxylation is 2. The Bertz CT molecular complexity index is 467. The van der Waals surface area contributed by atoms with Crippen LogP contribution in [0.2, 0.25) is 0 Å². The van der Waals surface area contributed by atoms with E-state index in [2.05, 4.69) is 5.32 Å². The molecule has 0 aromatic heterocycles. The van der Waals surface area contributed by atoms with Crippen LogP contribution in [0.4, 0.5) is 10.5 Å².